The van der Waals surface area contributed by atoms with Gasteiger partial charge in [-0.2, -0.15) is 0 Å². The van der Waals surface area contributed by atoms with E-state index in [0.29, 0.717) is 43.8 Å². The van der Waals surface area contributed by atoms with Crippen LogP contribution in [0.5, 0.6) is 11.5 Å². The van der Waals surface area contributed by atoms with Gasteiger partial charge in [0.1, 0.15) is 13.2 Å². The summed E-state index contributed by atoms with van der Waals surface area (Å²) in [5.41, 5.74) is 1.04. The van der Waals surface area contributed by atoms with Crippen molar-refractivity contribution < 1.29 is 19.0 Å². The number of hydrogen-bond donors (Lipinski definition) is 1. The van der Waals surface area contributed by atoms with E-state index in [1.807, 2.05) is 18.2 Å². The summed E-state index contributed by atoms with van der Waals surface area (Å²) < 4.78 is 17.9. The topological polar surface area (TPSA) is 87.5 Å². The SMILES string of the molecule is O=C(NCC1CCOC1)c1cn(-c2ccc3c(c2)OCCO3)nn1. The Balaban J connectivity index is 1.45. The number of hydrogen-bond acceptors (Lipinski definition) is 6. The van der Waals surface area contributed by atoms with E-state index < -0.39 is 0 Å². The van der Waals surface area contributed by atoms with Gasteiger partial charge in [-0.05, 0) is 18.6 Å². The van der Waals surface area contributed by atoms with Crippen molar-refractivity contribution in [2.24, 2.45) is 5.92 Å². The van der Waals surface area contributed by atoms with Gasteiger partial charge in [0, 0.05) is 25.1 Å². The number of aromatic nitrogens is 3. The third kappa shape index (κ3) is 3.05. The second-order valence-electron chi connectivity index (χ2n) is 5.82. The Kier molecular flexibility index (Phi) is 4.04. The fraction of sp³-hybridized carbons (Fsp3) is 0.438. The molecule has 8 heteroatoms. The zero-order chi connectivity index (χ0) is 16.4. The minimum atomic E-state index is -0.231. The molecule has 24 heavy (non-hydrogen) atoms. The molecule has 0 aliphatic carbocycles. The maximum atomic E-state index is 12.2. The van der Waals surface area contributed by atoms with Gasteiger partial charge in [-0.25, -0.2) is 4.68 Å². The molecular formula is C16H18N4O4. The van der Waals surface area contributed by atoms with Gasteiger partial charge in [0.2, 0.25) is 0 Å². The summed E-state index contributed by atoms with van der Waals surface area (Å²) >= 11 is 0. The van der Waals surface area contributed by atoms with Crippen molar-refractivity contribution in [1.82, 2.24) is 20.3 Å². The van der Waals surface area contributed by atoms with E-state index in [4.69, 9.17) is 14.2 Å². The molecular weight excluding hydrogens is 312 g/mol. The number of carbonyl (C=O) groups is 1. The number of benzene rings is 1. The van der Waals surface area contributed by atoms with Gasteiger partial charge < -0.3 is 19.5 Å². The summed E-state index contributed by atoms with van der Waals surface area (Å²) in [6.45, 7) is 3.12. The molecule has 0 bridgehead atoms. The van der Waals surface area contributed by atoms with E-state index in [0.717, 1.165) is 18.7 Å². The second kappa shape index (κ2) is 6.48. The molecule has 1 N–H and O–H groups in total. The standard InChI is InChI=1S/C16H18N4O4/c21-16(17-8-11-3-4-22-10-11)13-9-20(19-18-13)12-1-2-14-15(7-12)24-6-5-23-14/h1-2,7,9,11H,3-6,8,10H2,(H,17,21). The lowest BCUT2D eigenvalue weighted by Gasteiger charge is -2.18. The number of carbonyl (C=O) groups excluding carboxylic acids is 1. The van der Waals surface area contributed by atoms with Crippen molar-refractivity contribution in [3.63, 3.8) is 0 Å². The molecule has 3 heterocycles. The Morgan fingerprint density at radius 1 is 1.25 bits per heavy atom. The normalized spacial score (nSPS) is 19.2. The number of rotatable bonds is 4. The largest absolute Gasteiger partial charge is 0.486 e. The molecule has 4 rings (SSSR count). The van der Waals surface area contributed by atoms with Crippen LogP contribution >= 0.6 is 0 Å². The van der Waals surface area contributed by atoms with Crippen molar-refractivity contribution >= 4 is 5.91 Å². The maximum Gasteiger partial charge on any atom is 0.273 e. The predicted molar refractivity (Wildman–Crippen MR) is 83.6 cm³/mol. The monoisotopic (exact) mass is 330 g/mol. The van der Waals surface area contributed by atoms with Crippen LogP contribution < -0.4 is 14.8 Å². The molecule has 2 aliphatic heterocycles. The highest BCUT2D eigenvalue weighted by molar-refractivity contribution is 5.91. The maximum absolute atomic E-state index is 12.2. The van der Waals surface area contributed by atoms with Crippen LogP contribution in [0.15, 0.2) is 24.4 Å². The number of ether oxygens (including phenoxy) is 3. The number of fused-ring (bicyclic) bond motifs is 1. The highest BCUT2D eigenvalue weighted by Crippen LogP contribution is 2.31. The average Bonchev–Trinajstić information content (AvgIpc) is 3.31. The summed E-state index contributed by atoms with van der Waals surface area (Å²) in [4.78, 5) is 12.2. The third-order valence-electron chi connectivity index (χ3n) is 4.09. The molecule has 8 nitrogen and oxygen atoms in total. The Hall–Kier alpha value is -2.61. The van der Waals surface area contributed by atoms with Crippen LogP contribution in [0.4, 0.5) is 0 Å². The molecule has 0 spiro atoms. The molecule has 1 amide bonds. The first kappa shape index (κ1) is 14.9. The van der Waals surface area contributed by atoms with Crippen molar-refractivity contribution in [3.05, 3.63) is 30.1 Å². The average molecular weight is 330 g/mol. The summed E-state index contributed by atoms with van der Waals surface area (Å²) in [7, 11) is 0. The Bertz CT molecular complexity index is 739. The molecule has 1 saturated heterocycles. The summed E-state index contributed by atoms with van der Waals surface area (Å²) in [5, 5.41) is 10.8. The van der Waals surface area contributed by atoms with Gasteiger partial charge in [-0.15, -0.1) is 5.10 Å². The van der Waals surface area contributed by atoms with E-state index in [-0.39, 0.29) is 11.6 Å². The number of nitrogens with one attached hydrogen (secondary N) is 1. The molecule has 0 saturated carbocycles. The molecule has 2 aromatic rings. The minimum absolute atomic E-state index is 0.231. The lowest BCUT2D eigenvalue weighted by Crippen LogP contribution is -2.29. The van der Waals surface area contributed by atoms with E-state index in [9.17, 15) is 4.79 Å². The first-order valence-corrected chi connectivity index (χ1v) is 7.98. The minimum Gasteiger partial charge on any atom is -0.486 e. The smallest absolute Gasteiger partial charge is 0.273 e. The van der Waals surface area contributed by atoms with Gasteiger partial charge in [0.15, 0.2) is 17.2 Å². The van der Waals surface area contributed by atoms with Crippen LogP contribution in [0, 0.1) is 5.92 Å². The summed E-state index contributed by atoms with van der Waals surface area (Å²) in [5.74, 6) is 1.52. The number of amides is 1. The van der Waals surface area contributed by atoms with Gasteiger partial charge >= 0.3 is 0 Å². The zero-order valence-corrected chi connectivity index (χ0v) is 13.1. The molecule has 0 radical (unpaired) electrons. The molecule has 1 aromatic carbocycles. The van der Waals surface area contributed by atoms with Crippen LogP contribution in [0.1, 0.15) is 16.9 Å². The van der Waals surface area contributed by atoms with Crippen molar-refractivity contribution in [2.75, 3.05) is 33.0 Å². The molecule has 1 unspecified atom stereocenters. The van der Waals surface area contributed by atoms with Gasteiger partial charge in [0.05, 0.1) is 18.5 Å². The summed E-state index contributed by atoms with van der Waals surface area (Å²) in [6.07, 6.45) is 2.58. The first-order valence-electron chi connectivity index (χ1n) is 7.98. The van der Waals surface area contributed by atoms with E-state index >= 15 is 0 Å². The van der Waals surface area contributed by atoms with E-state index in [1.165, 1.54) is 0 Å². The third-order valence-corrected chi connectivity index (χ3v) is 4.09. The highest BCUT2D eigenvalue weighted by atomic mass is 16.6. The molecule has 126 valence electrons. The quantitative estimate of drug-likeness (QED) is 0.892. The van der Waals surface area contributed by atoms with E-state index in [2.05, 4.69) is 15.6 Å². The zero-order valence-electron chi connectivity index (χ0n) is 13.1. The summed E-state index contributed by atoms with van der Waals surface area (Å²) in [6, 6.07) is 5.49. The lowest BCUT2D eigenvalue weighted by molar-refractivity contribution is 0.0940. The predicted octanol–water partition coefficient (Wildman–Crippen LogP) is 0.805. The van der Waals surface area contributed by atoms with Gasteiger partial charge in [-0.3, -0.25) is 4.79 Å². The van der Waals surface area contributed by atoms with Crippen LogP contribution in [-0.2, 0) is 4.74 Å². The molecule has 2 aliphatic rings. The molecule has 1 atom stereocenters. The van der Waals surface area contributed by atoms with Crippen molar-refractivity contribution in [3.8, 4) is 17.2 Å². The van der Waals surface area contributed by atoms with Crippen LogP contribution in [0.2, 0.25) is 0 Å². The number of nitrogens with zero attached hydrogens (tertiary/aromatic N) is 3. The Morgan fingerprint density at radius 2 is 2.12 bits per heavy atom. The van der Waals surface area contributed by atoms with E-state index in [1.54, 1.807) is 10.9 Å². The Labute approximate surface area is 138 Å². The molecule has 1 fully saturated rings. The second-order valence-corrected chi connectivity index (χ2v) is 5.82. The highest BCUT2D eigenvalue weighted by Gasteiger charge is 2.19. The lowest BCUT2D eigenvalue weighted by atomic mass is 10.1. The van der Waals surface area contributed by atoms with Crippen LogP contribution in [-0.4, -0.2) is 53.9 Å². The van der Waals surface area contributed by atoms with Crippen LogP contribution in [0.25, 0.3) is 5.69 Å². The van der Waals surface area contributed by atoms with Crippen LogP contribution in [0.3, 0.4) is 0 Å². The fourth-order valence-electron chi connectivity index (χ4n) is 2.74. The van der Waals surface area contributed by atoms with Crippen molar-refractivity contribution in [2.45, 2.75) is 6.42 Å². The Morgan fingerprint density at radius 3 is 2.96 bits per heavy atom. The fourth-order valence-corrected chi connectivity index (χ4v) is 2.74. The van der Waals surface area contributed by atoms with Crippen molar-refractivity contribution in [1.29, 1.82) is 0 Å². The first-order chi connectivity index (χ1) is 11.8. The van der Waals surface area contributed by atoms with Gasteiger partial charge in [0.25, 0.3) is 5.91 Å². The van der Waals surface area contributed by atoms with Gasteiger partial charge in [-0.1, -0.05) is 5.21 Å². The molecule has 1 aromatic heterocycles.